The largest absolute Gasteiger partial charge is 0.332 e. The fraction of sp³-hybridized carbons (Fsp3) is 0.227. The van der Waals surface area contributed by atoms with E-state index in [0.717, 1.165) is 22.4 Å². The summed E-state index contributed by atoms with van der Waals surface area (Å²) in [6.45, 7) is 4.60. The van der Waals surface area contributed by atoms with E-state index in [2.05, 4.69) is 10.4 Å². The molecule has 0 aliphatic rings. The number of rotatable bonds is 6. The highest BCUT2D eigenvalue weighted by Crippen LogP contribution is 2.18. The number of hydrogen-bond acceptors (Lipinski definition) is 3. The van der Waals surface area contributed by atoms with E-state index in [1.165, 1.54) is 4.90 Å². The van der Waals surface area contributed by atoms with Crippen LogP contribution in [0.25, 0.3) is 0 Å². The molecule has 0 unspecified atom stereocenters. The molecule has 28 heavy (non-hydrogen) atoms. The van der Waals surface area contributed by atoms with Gasteiger partial charge in [0.1, 0.15) is 0 Å². The molecule has 2 amide bonds. The van der Waals surface area contributed by atoms with Gasteiger partial charge in [-0.25, -0.2) is 0 Å². The van der Waals surface area contributed by atoms with Crippen LogP contribution in [0.15, 0.2) is 60.9 Å². The highest BCUT2D eigenvalue weighted by molar-refractivity contribution is 5.99. The van der Waals surface area contributed by atoms with Gasteiger partial charge in [0, 0.05) is 30.7 Å². The Labute approximate surface area is 164 Å². The Bertz CT molecular complexity index is 963. The average molecular weight is 376 g/mol. The van der Waals surface area contributed by atoms with Gasteiger partial charge in [-0.05, 0) is 54.8 Å². The predicted molar refractivity (Wildman–Crippen MR) is 109 cm³/mol. The summed E-state index contributed by atoms with van der Waals surface area (Å²) in [6, 6.07) is 15.0. The minimum Gasteiger partial charge on any atom is -0.332 e. The number of nitrogens with zero attached hydrogens (tertiary/aromatic N) is 3. The van der Waals surface area contributed by atoms with E-state index in [4.69, 9.17) is 0 Å². The van der Waals surface area contributed by atoms with Crippen LogP contribution in [0.4, 0.5) is 5.69 Å². The summed E-state index contributed by atoms with van der Waals surface area (Å²) >= 11 is 0. The number of benzene rings is 2. The van der Waals surface area contributed by atoms with E-state index >= 15 is 0 Å². The minimum absolute atomic E-state index is 0.0126. The third kappa shape index (κ3) is 4.65. The summed E-state index contributed by atoms with van der Waals surface area (Å²) in [4.78, 5) is 26.4. The van der Waals surface area contributed by atoms with Gasteiger partial charge in [-0.2, -0.15) is 5.10 Å². The molecule has 144 valence electrons. The minimum atomic E-state index is -0.222. The molecule has 6 heteroatoms. The summed E-state index contributed by atoms with van der Waals surface area (Å²) < 4.78 is 1.82. The highest BCUT2D eigenvalue weighted by atomic mass is 16.2. The number of carbonyl (C=O) groups excluding carboxylic acids is 2. The van der Waals surface area contributed by atoms with E-state index < -0.39 is 0 Å². The molecule has 0 fully saturated rings. The molecular formula is C22H24N4O2. The van der Waals surface area contributed by atoms with Crippen molar-refractivity contribution < 1.29 is 9.59 Å². The van der Waals surface area contributed by atoms with Crippen molar-refractivity contribution >= 4 is 17.5 Å². The number of aromatic nitrogens is 2. The quantitative estimate of drug-likeness (QED) is 0.718. The zero-order valence-electron chi connectivity index (χ0n) is 16.3. The van der Waals surface area contributed by atoms with Crippen LogP contribution in [0.1, 0.15) is 27.0 Å². The van der Waals surface area contributed by atoms with Gasteiger partial charge in [-0.1, -0.05) is 24.3 Å². The van der Waals surface area contributed by atoms with Crippen LogP contribution >= 0.6 is 0 Å². The Balaban J connectivity index is 1.59. The summed E-state index contributed by atoms with van der Waals surface area (Å²) in [5.74, 6) is -0.415. The van der Waals surface area contributed by atoms with Gasteiger partial charge in [0.2, 0.25) is 5.91 Å². The summed E-state index contributed by atoms with van der Waals surface area (Å²) in [6.07, 6.45) is 3.62. The molecule has 1 aromatic heterocycles. The zero-order chi connectivity index (χ0) is 20.1. The van der Waals surface area contributed by atoms with E-state index in [1.54, 1.807) is 25.4 Å². The lowest BCUT2D eigenvalue weighted by molar-refractivity contribution is -0.116. The Morgan fingerprint density at radius 3 is 2.50 bits per heavy atom. The highest BCUT2D eigenvalue weighted by Gasteiger charge is 2.15. The molecule has 6 nitrogen and oxygen atoms in total. The van der Waals surface area contributed by atoms with Gasteiger partial charge in [0.15, 0.2) is 0 Å². The first-order valence-corrected chi connectivity index (χ1v) is 9.12. The maximum Gasteiger partial charge on any atom is 0.254 e. The van der Waals surface area contributed by atoms with Crippen molar-refractivity contribution in [1.82, 2.24) is 14.7 Å². The SMILES string of the molecule is Cc1cccc(NC(=O)CN(C)C(=O)c2ccc(Cn3cccn3)cc2)c1C. The summed E-state index contributed by atoms with van der Waals surface area (Å²) in [5.41, 5.74) is 4.51. The Morgan fingerprint density at radius 1 is 1.07 bits per heavy atom. The average Bonchev–Trinajstić information content (AvgIpc) is 3.18. The molecule has 0 radical (unpaired) electrons. The maximum atomic E-state index is 12.6. The van der Waals surface area contributed by atoms with Crippen LogP contribution in [-0.2, 0) is 11.3 Å². The second-order valence-corrected chi connectivity index (χ2v) is 6.86. The van der Waals surface area contributed by atoms with Crippen LogP contribution in [0.2, 0.25) is 0 Å². The second-order valence-electron chi connectivity index (χ2n) is 6.86. The fourth-order valence-electron chi connectivity index (χ4n) is 2.92. The van der Waals surface area contributed by atoms with Crippen LogP contribution in [-0.4, -0.2) is 40.1 Å². The molecule has 1 N–H and O–H groups in total. The van der Waals surface area contributed by atoms with E-state index in [1.807, 2.05) is 61.1 Å². The number of anilines is 1. The van der Waals surface area contributed by atoms with Crippen LogP contribution in [0.3, 0.4) is 0 Å². The van der Waals surface area contributed by atoms with Crippen molar-refractivity contribution in [2.24, 2.45) is 0 Å². The number of amides is 2. The lowest BCUT2D eigenvalue weighted by Gasteiger charge is -2.18. The smallest absolute Gasteiger partial charge is 0.254 e. The van der Waals surface area contributed by atoms with Crippen molar-refractivity contribution in [1.29, 1.82) is 0 Å². The van der Waals surface area contributed by atoms with Crippen LogP contribution in [0, 0.1) is 13.8 Å². The summed E-state index contributed by atoms with van der Waals surface area (Å²) in [7, 11) is 1.63. The van der Waals surface area contributed by atoms with Gasteiger partial charge < -0.3 is 10.2 Å². The number of carbonyl (C=O) groups is 2. The predicted octanol–water partition coefficient (Wildman–Crippen LogP) is 3.26. The number of likely N-dealkylation sites (N-methyl/N-ethyl adjacent to an activating group) is 1. The first-order chi connectivity index (χ1) is 13.4. The topological polar surface area (TPSA) is 67.2 Å². The molecule has 3 aromatic rings. The molecule has 0 aliphatic heterocycles. The lowest BCUT2D eigenvalue weighted by Crippen LogP contribution is -2.35. The van der Waals surface area contributed by atoms with Crippen LogP contribution < -0.4 is 5.32 Å². The van der Waals surface area contributed by atoms with Crippen molar-refractivity contribution in [2.75, 3.05) is 18.9 Å². The molecule has 3 rings (SSSR count). The fourth-order valence-corrected chi connectivity index (χ4v) is 2.92. The Kier molecular flexibility index (Phi) is 5.89. The third-order valence-corrected chi connectivity index (χ3v) is 4.71. The monoisotopic (exact) mass is 376 g/mol. The molecule has 0 bridgehead atoms. The van der Waals surface area contributed by atoms with Crippen molar-refractivity contribution in [3.05, 3.63) is 83.2 Å². The lowest BCUT2D eigenvalue weighted by atomic mass is 10.1. The van der Waals surface area contributed by atoms with Crippen molar-refractivity contribution in [3.63, 3.8) is 0 Å². The van der Waals surface area contributed by atoms with E-state index in [-0.39, 0.29) is 18.4 Å². The van der Waals surface area contributed by atoms with Gasteiger partial charge in [0.25, 0.3) is 5.91 Å². The molecule has 0 atom stereocenters. The Hall–Kier alpha value is -3.41. The van der Waals surface area contributed by atoms with E-state index in [0.29, 0.717) is 12.1 Å². The van der Waals surface area contributed by atoms with Gasteiger partial charge in [0.05, 0.1) is 13.1 Å². The Morgan fingerprint density at radius 2 is 1.82 bits per heavy atom. The summed E-state index contributed by atoms with van der Waals surface area (Å²) in [5, 5.41) is 7.05. The zero-order valence-corrected chi connectivity index (χ0v) is 16.3. The molecule has 1 heterocycles. The molecule has 2 aromatic carbocycles. The standard InChI is InChI=1S/C22H24N4O2/c1-16-6-4-7-20(17(16)2)24-21(27)15-25(3)22(28)19-10-8-18(9-11-19)14-26-13-5-12-23-26/h4-13H,14-15H2,1-3H3,(H,24,27). The number of aryl methyl sites for hydroxylation is 1. The normalized spacial score (nSPS) is 10.5. The van der Waals surface area contributed by atoms with E-state index in [9.17, 15) is 9.59 Å². The molecule has 0 saturated carbocycles. The molecule has 0 aliphatic carbocycles. The van der Waals surface area contributed by atoms with Gasteiger partial charge in [-0.3, -0.25) is 14.3 Å². The first kappa shape index (κ1) is 19.4. The van der Waals surface area contributed by atoms with Crippen molar-refractivity contribution in [2.45, 2.75) is 20.4 Å². The second kappa shape index (κ2) is 8.52. The molecular weight excluding hydrogens is 352 g/mol. The number of hydrogen-bond donors (Lipinski definition) is 1. The van der Waals surface area contributed by atoms with Gasteiger partial charge >= 0.3 is 0 Å². The van der Waals surface area contributed by atoms with Gasteiger partial charge in [-0.15, -0.1) is 0 Å². The van der Waals surface area contributed by atoms with Crippen molar-refractivity contribution in [3.8, 4) is 0 Å². The number of nitrogens with one attached hydrogen (secondary N) is 1. The maximum absolute atomic E-state index is 12.6. The first-order valence-electron chi connectivity index (χ1n) is 9.12. The molecule has 0 spiro atoms. The van der Waals surface area contributed by atoms with Crippen LogP contribution in [0.5, 0.6) is 0 Å². The third-order valence-electron chi connectivity index (χ3n) is 4.71. The molecule has 0 saturated heterocycles.